The molecule has 1 saturated carbocycles. The summed E-state index contributed by atoms with van der Waals surface area (Å²) < 4.78 is 33.6. The first-order valence-electron chi connectivity index (χ1n) is 13.3. The van der Waals surface area contributed by atoms with E-state index < -0.39 is 10.0 Å². The molecule has 0 radical (unpaired) electrons. The molecular formula is C29H34N6O3S. The number of rotatable bonds is 9. The van der Waals surface area contributed by atoms with Crippen molar-refractivity contribution < 1.29 is 13.2 Å². The van der Waals surface area contributed by atoms with Crippen LogP contribution < -0.4 is 20.1 Å². The highest BCUT2D eigenvalue weighted by molar-refractivity contribution is 7.92. The van der Waals surface area contributed by atoms with Crippen LogP contribution >= 0.6 is 0 Å². The Hall–Kier alpha value is -3.76. The molecule has 1 aliphatic rings. The number of aryl methyl sites for hydroxylation is 1. The number of anilines is 2. The first-order valence-corrected chi connectivity index (χ1v) is 14.7. The van der Waals surface area contributed by atoms with Gasteiger partial charge in [0.1, 0.15) is 5.82 Å². The van der Waals surface area contributed by atoms with E-state index in [1.165, 1.54) is 19.2 Å². The Balaban J connectivity index is 1.41. The molecule has 0 unspecified atom stereocenters. The SMILES string of the molecule is CCc1cc(-c2ccc(NS(=O)(=O)c3ccccc3)nc2OC)cc2cnc(NC3CCC(NC)CC3)nc12. The molecule has 0 amide bonds. The minimum Gasteiger partial charge on any atom is -0.480 e. The molecule has 0 atom stereocenters. The Morgan fingerprint density at radius 2 is 1.72 bits per heavy atom. The van der Waals surface area contributed by atoms with Gasteiger partial charge in [0.05, 0.1) is 17.5 Å². The number of pyridine rings is 1. The zero-order valence-electron chi connectivity index (χ0n) is 22.4. The van der Waals surface area contributed by atoms with Crippen LogP contribution in [0.1, 0.15) is 38.2 Å². The highest BCUT2D eigenvalue weighted by atomic mass is 32.2. The third-order valence-electron chi connectivity index (χ3n) is 7.27. The second-order valence-corrected chi connectivity index (χ2v) is 11.5. The van der Waals surface area contributed by atoms with Crippen molar-refractivity contribution in [3.63, 3.8) is 0 Å². The summed E-state index contributed by atoms with van der Waals surface area (Å²) in [5, 5.41) is 7.83. The first kappa shape index (κ1) is 26.8. The molecule has 39 heavy (non-hydrogen) atoms. The molecule has 0 aliphatic heterocycles. The van der Waals surface area contributed by atoms with Crippen LogP contribution in [0.25, 0.3) is 22.0 Å². The second-order valence-electron chi connectivity index (χ2n) is 9.77. The number of methoxy groups -OCH3 is 1. The van der Waals surface area contributed by atoms with E-state index >= 15 is 0 Å². The van der Waals surface area contributed by atoms with Crippen molar-refractivity contribution in [2.75, 3.05) is 24.2 Å². The average Bonchev–Trinajstić information content (AvgIpc) is 2.97. The van der Waals surface area contributed by atoms with Crippen molar-refractivity contribution in [2.45, 2.75) is 56.0 Å². The lowest BCUT2D eigenvalue weighted by Crippen LogP contribution is -2.35. The predicted octanol–water partition coefficient (Wildman–Crippen LogP) is 5.01. The van der Waals surface area contributed by atoms with Crippen molar-refractivity contribution in [1.82, 2.24) is 20.3 Å². The second kappa shape index (κ2) is 11.5. The van der Waals surface area contributed by atoms with E-state index in [1.54, 1.807) is 24.3 Å². The fourth-order valence-corrected chi connectivity index (χ4v) is 6.11. The van der Waals surface area contributed by atoms with Crippen LogP contribution in [-0.2, 0) is 16.4 Å². The summed E-state index contributed by atoms with van der Waals surface area (Å²) >= 11 is 0. The standard InChI is InChI=1S/C29H34N6O3S/c1-4-19-16-20(17-21-18-31-29(34-27(19)21)32-23-12-10-22(30-2)11-13-23)25-14-15-26(33-28(25)38-3)35-39(36,37)24-8-6-5-7-9-24/h5-9,14-18,22-23,30H,4,10-13H2,1-3H3,(H,33,35)(H,31,32,34). The summed E-state index contributed by atoms with van der Waals surface area (Å²) in [6, 6.07) is 16.7. The maximum atomic E-state index is 12.8. The van der Waals surface area contributed by atoms with Crippen molar-refractivity contribution in [2.24, 2.45) is 0 Å². The van der Waals surface area contributed by atoms with Gasteiger partial charge in [-0.3, -0.25) is 4.72 Å². The van der Waals surface area contributed by atoms with E-state index in [2.05, 4.69) is 38.3 Å². The number of ether oxygens (including phenoxy) is 1. The Labute approximate surface area is 229 Å². The molecule has 3 N–H and O–H groups in total. The molecule has 9 nitrogen and oxygen atoms in total. The number of nitrogens with zero attached hydrogens (tertiary/aromatic N) is 3. The Bertz CT molecular complexity index is 1550. The normalized spacial score (nSPS) is 17.6. The number of aromatic nitrogens is 3. The predicted molar refractivity (Wildman–Crippen MR) is 155 cm³/mol. The number of sulfonamides is 1. The number of hydrogen-bond donors (Lipinski definition) is 3. The molecule has 1 fully saturated rings. The summed E-state index contributed by atoms with van der Waals surface area (Å²) in [6.07, 6.45) is 7.13. The first-order chi connectivity index (χ1) is 18.9. The Kier molecular flexibility index (Phi) is 7.94. The molecule has 5 rings (SSSR count). The van der Waals surface area contributed by atoms with Gasteiger partial charge < -0.3 is 15.4 Å². The number of hydrogen-bond acceptors (Lipinski definition) is 8. The van der Waals surface area contributed by atoms with E-state index in [9.17, 15) is 8.42 Å². The lowest BCUT2D eigenvalue weighted by Gasteiger charge is -2.28. The minimum absolute atomic E-state index is 0.163. The average molecular weight is 547 g/mol. The van der Waals surface area contributed by atoms with Gasteiger partial charge in [-0.1, -0.05) is 25.1 Å². The number of benzene rings is 2. The van der Waals surface area contributed by atoms with E-state index in [1.807, 2.05) is 25.4 Å². The van der Waals surface area contributed by atoms with E-state index in [4.69, 9.17) is 9.72 Å². The van der Waals surface area contributed by atoms with Crippen molar-refractivity contribution in [3.05, 3.63) is 66.4 Å². The van der Waals surface area contributed by atoms with Gasteiger partial charge in [-0.15, -0.1) is 0 Å². The highest BCUT2D eigenvalue weighted by Gasteiger charge is 2.21. The smallest absolute Gasteiger partial charge is 0.263 e. The molecule has 2 aromatic carbocycles. The summed E-state index contributed by atoms with van der Waals surface area (Å²) in [5.41, 5.74) is 3.65. The monoisotopic (exact) mass is 546 g/mol. The molecule has 2 heterocycles. The lowest BCUT2D eigenvalue weighted by molar-refractivity contribution is 0.370. The molecule has 0 spiro atoms. The zero-order chi connectivity index (χ0) is 27.4. The maximum Gasteiger partial charge on any atom is 0.263 e. The van der Waals surface area contributed by atoms with Crippen molar-refractivity contribution in [3.8, 4) is 17.0 Å². The van der Waals surface area contributed by atoms with Crippen molar-refractivity contribution >= 4 is 32.7 Å². The Morgan fingerprint density at radius 1 is 0.974 bits per heavy atom. The van der Waals surface area contributed by atoms with Crippen LogP contribution in [0.4, 0.5) is 11.8 Å². The molecule has 4 aromatic rings. The van der Waals surface area contributed by atoms with Crippen LogP contribution in [0.2, 0.25) is 0 Å². The molecule has 2 aromatic heterocycles. The fraction of sp³-hybridized carbons (Fsp3) is 0.345. The maximum absolute atomic E-state index is 12.8. The van der Waals surface area contributed by atoms with E-state index in [-0.39, 0.29) is 10.7 Å². The van der Waals surface area contributed by atoms with Gasteiger partial charge in [0.2, 0.25) is 11.8 Å². The van der Waals surface area contributed by atoms with Gasteiger partial charge in [0.15, 0.2) is 0 Å². The van der Waals surface area contributed by atoms with Crippen LogP contribution in [0, 0.1) is 0 Å². The zero-order valence-corrected chi connectivity index (χ0v) is 23.3. The van der Waals surface area contributed by atoms with Gasteiger partial charge in [-0.05, 0) is 86.7 Å². The quantitative estimate of drug-likeness (QED) is 0.268. The third kappa shape index (κ3) is 5.97. The summed E-state index contributed by atoms with van der Waals surface area (Å²) in [5.74, 6) is 1.16. The minimum atomic E-state index is -3.77. The number of nitrogens with one attached hydrogen (secondary N) is 3. The third-order valence-corrected chi connectivity index (χ3v) is 8.64. The van der Waals surface area contributed by atoms with Crippen LogP contribution in [0.15, 0.2) is 65.7 Å². The van der Waals surface area contributed by atoms with E-state index in [0.29, 0.717) is 23.9 Å². The summed E-state index contributed by atoms with van der Waals surface area (Å²) in [4.78, 5) is 14.1. The molecule has 0 saturated heterocycles. The lowest BCUT2D eigenvalue weighted by atomic mass is 9.91. The van der Waals surface area contributed by atoms with Gasteiger partial charge in [-0.25, -0.2) is 18.4 Å². The summed E-state index contributed by atoms with van der Waals surface area (Å²) in [7, 11) is -0.220. The van der Waals surface area contributed by atoms with Crippen LogP contribution in [0.3, 0.4) is 0 Å². The Morgan fingerprint density at radius 3 is 2.41 bits per heavy atom. The largest absolute Gasteiger partial charge is 0.480 e. The van der Waals surface area contributed by atoms with Gasteiger partial charge in [0.25, 0.3) is 10.0 Å². The molecular weight excluding hydrogens is 512 g/mol. The van der Waals surface area contributed by atoms with Crippen LogP contribution in [-0.4, -0.2) is 49.6 Å². The van der Waals surface area contributed by atoms with Crippen molar-refractivity contribution in [1.29, 1.82) is 0 Å². The van der Waals surface area contributed by atoms with Gasteiger partial charge in [-0.2, -0.15) is 4.98 Å². The van der Waals surface area contributed by atoms with Gasteiger partial charge in [0, 0.05) is 29.2 Å². The molecule has 1 aliphatic carbocycles. The van der Waals surface area contributed by atoms with Crippen LogP contribution in [0.5, 0.6) is 5.88 Å². The number of fused-ring (bicyclic) bond motifs is 1. The van der Waals surface area contributed by atoms with Gasteiger partial charge >= 0.3 is 0 Å². The highest BCUT2D eigenvalue weighted by Crippen LogP contribution is 2.34. The summed E-state index contributed by atoms with van der Waals surface area (Å²) in [6.45, 7) is 2.10. The van der Waals surface area contributed by atoms with E-state index in [0.717, 1.165) is 59.7 Å². The fourth-order valence-electron chi connectivity index (χ4n) is 5.09. The molecule has 10 heteroatoms. The topological polar surface area (TPSA) is 118 Å². The molecule has 204 valence electrons. The molecule has 0 bridgehead atoms.